The van der Waals surface area contributed by atoms with Crippen LogP contribution in [0.4, 0.5) is 5.69 Å². The van der Waals surface area contributed by atoms with Gasteiger partial charge in [-0.05, 0) is 37.5 Å². The topological polar surface area (TPSA) is 51.2 Å². The van der Waals surface area contributed by atoms with Gasteiger partial charge in [-0.15, -0.1) is 0 Å². The van der Waals surface area contributed by atoms with Crippen molar-refractivity contribution >= 4 is 11.6 Å². The van der Waals surface area contributed by atoms with Crippen molar-refractivity contribution in [3.05, 3.63) is 48.0 Å². The molecule has 1 unspecified atom stereocenters. The van der Waals surface area contributed by atoms with E-state index >= 15 is 0 Å². The van der Waals surface area contributed by atoms with Crippen LogP contribution in [0.1, 0.15) is 24.8 Å². The van der Waals surface area contributed by atoms with Crippen LogP contribution in [0.3, 0.4) is 0 Å². The van der Waals surface area contributed by atoms with E-state index in [0.29, 0.717) is 18.8 Å². The highest BCUT2D eigenvalue weighted by molar-refractivity contribution is 5.83. The number of rotatable bonds is 5. The number of benzene rings is 2. The SMILES string of the molecule is COc1cccc(CN2CC(C(=O)N3CCCCC3)Oc3ccccc32)c1OC. The van der Waals surface area contributed by atoms with Crippen LogP contribution in [0.25, 0.3) is 0 Å². The van der Waals surface area contributed by atoms with Crippen molar-refractivity contribution in [3.63, 3.8) is 0 Å². The zero-order valence-electron chi connectivity index (χ0n) is 17.1. The second kappa shape index (κ2) is 8.64. The van der Waals surface area contributed by atoms with Gasteiger partial charge in [-0.1, -0.05) is 24.3 Å². The molecule has 2 aromatic rings. The molecule has 2 heterocycles. The summed E-state index contributed by atoms with van der Waals surface area (Å²) in [7, 11) is 3.29. The number of nitrogens with zero attached hydrogens (tertiary/aromatic N) is 2. The number of methoxy groups -OCH3 is 2. The number of carbonyl (C=O) groups is 1. The summed E-state index contributed by atoms with van der Waals surface area (Å²) < 4.78 is 17.2. The van der Waals surface area contributed by atoms with E-state index in [1.54, 1.807) is 14.2 Å². The molecule has 0 N–H and O–H groups in total. The average Bonchev–Trinajstić information content (AvgIpc) is 2.78. The van der Waals surface area contributed by atoms with Gasteiger partial charge >= 0.3 is 0 Å². The van der Waals surface area contributed by atoms with Crippen molar-refractivity contribution in [1.82, 2.24) is 4.90 Å². The third-order valence-electron chi connectivity index (χ3n) is 5.65. The molecule has 1 saturated heterocycles. The molecule has 0 spiro atoms. The maximum Gasteiger partial charge on any atom is 0.265 e. The molecule has 1 fully saturated rings. The highest BCUT2D eigenvalue weighted by Crippen LogP contribution is 2.37. The van der Waals surface area contributed by atoms with Gasteiger partial charge in [0.1, 0.15) is 5.75 Å². The van der Waals surface area contributed by atoms with Crippen molar-refractivity contribution in [3.8, 4) is 17.2 Å². The number of amides is 1. The van der Waals surface area contributed by atoms with Gasteiger partial charge < -0.3 is 24.0 Å². The van der Waals surface area contributed by atoms with Crippen LogP contribution in [0.15, 0.2) is 42.5 Å². The number of hydrogen-bond donors (Lipinski definition) is 0. The summed E-state index contributed by atoms with van der Waals surface area (Å²) in [5.74, 6) is 2.25. The van der Waals surface area contributed by atoms with Gasteiger partial charge in [-0.25, -0.2) is 0 Å². The number of ether oxygens (including phenoxy) is 3. The van der Waals surface area contributed by atoms with Crippen LogP contribution in [0, 0.1) is 0 Å². The van der Waals surface area contributed by atoms with Crippen molar-refractivity contribution in [2.24, 2.45) is 0 Å². The summed E-state index contributed by atoms with van der Waals surface area (Å²) in [6.07, 6.45) is 2.83. The van der Waals surface area contributed by atoms with Crippen LogP contribution in [0.5, 0.6) is 17.2 Å². The molecule has 0 bridgehead atoms. The van der Waals surface area contributed by atoms with Gasteiger partial charge in [0, 0.05) is 25.2 Å². The lowest BCUT2D eigenvalue weighted by molar-refractivity contribution is -0.139. The lowest BCUT2D eigenvalue weighted by atomic mass is 10.1. The Morgan fingerprint density at radius 1 is 1.03 bits per heavy atom. The van der Waals surface area contributed by atoms with Gasteiger partial charge in [0.15, 0.2) is 17.6 Å². The molecule has 6 heteroatoms. The van der Waals surface area contributed by atoms with E-state index in [0.717, 1.165) is 48.7 Å². The van der Waals surface area contributed by atoms with Gasteiger partial charge in [-0.2, -0.15) is 0 Å². The molecule has 29 heavy (non-hydrogen) atoms. The van der Waals surface area contributed by atoms with Crippen molar-refractivity contribution in [2.75, 3.05) is 38.8 Å². The first-order valence-electron chi connectivity index (χ1n) is 10.2. The van der Waals surface area contributed by atoms with Crippen LogP contribution in [0.2, 0.25) is 0 Å². The zero-order chi connectivity index (χ0) is 20.2. The Hall–Kier alpha value is -2.89. The molecule has 0 saturated carbocycles. The Morgan fingerprint density at radius 2 is 1.83 bits per heavy atom. The number of anilines is 1. The minimum atomic E-state index is -0.500. The predicted molar refractivity (Wildman–Crippen MR) is 112 cm³/mol. The van der Waals surface area contributed by atoms with Crippen LogP contribution in [-0.4, -0.2) is 50.8 Å². The average molecular weight is 396 g/mol. The highest BCUT2D eigenvalue weighted by atomic mass is 16.5. The summed E-state index contributed by atoms with van der Waals surface area (Å²) in [4.78, 5) is 17.3. The molecule has 0 aliphatic carbocycles. The Kier molecular flexibility index (Phi) is 5.79. The molecule has 0 aromatic heterocycles. The Morgan fingerprint density at radius 3 is 2.59 bits per heavy atom. The molecular weight excluding hydrogens is 368 g/mol. The normalized spacial score (nSPS) is 18.6. The minimum absolute atomic E-state index is 0.0850. The smallest absolute Gasteiger partial charge is 0.265 e. The summed E-state index contributed by atoms with van der Waals surface area (Å²) in [6.45, 7) is 2.76. The van der Waals surface area contributed by atoms with E-state index < -0.39 is 6.10 Å². The molecule has 2 aliphatic rings. The van der Waals surface area contributed by atoms with E-state index in [1.807, 2.05) is 47.4 Å². The Bertz CT molecular complexity index is 864. The number of piperidine rings is 1. The van der Waals surface area contributed by atoms with E-state index in [-0.39, 0.29) is 5.91 Å². The summed E-state index contributed by atoms with van der Waals surface area (Å²) >= 11 is 0. The lowest BCUT2D eigenvalue weighted by Crippen LogP contribution is -2.51. The van der Waals surface area contributed by atoms with Crippen LogP contribution in [-0.2, 0) is 11.3 Å². The first-order chi connectivity index (χ1) is 14.2. The third kappa shape index (κ3) is 3.97. The lowest BCUT2D eigenvalue weighted by Gasteiger charge is -2.38. The molecule has 6 nitrogen and oxygen atoms in total. The molecule has 154 valence electrons. The number of likely N-dealkylation sites (tertiary alicyclic amines) is 1. The molecule has 4 rings (SSSR count). The number of fused-ring (bicyclic) bond motifs is 1. The summed E-state index contributed by atoms with van der Waals surface area (Å²) in [5, 5.41) is 0. The largest absolute Gasteiger partial charge is 0.493 e. The highest BCUT2D eigenvalue weighted by Gasteiger charge is 2.34. The Balaban J connectivity index is 1.61. The fourth-order valence-electron chi connectivity index (χ4n) is 4.19. The molecule has 1 amide bonds. The zero-order valence-corrected chi connectivity index (χ0v) is 17.1. The first-order valence-corrected chi connectivity index (χ1v) is 10.2. The number of para-hydroxylation sites is 3. The second-order valence-electron chi connectivity index (χ2n) is 7.49. The van der Waals surface area contributed by atoms with Crippen molar-refractivity contribution in [1.29, 1.82) is 0 Å². The van der Waals surface area contributed by atoms with Crippen molar-refractivity contribution in [2.45, 2.75) is 31.9 Å². The molecular formula is C23H28N2O4. The minimum Gasteiger partial charge on any atom is -0.493 e. The van der Waals surface area contributed by atoms with Crippen molar-refractivity contribution < 1.29 is 19.0 Å². The van der Waals surface area contributed by atoms with Crippen LogP contribution < -0.4 is 19.1 Å². The molecule has 2 aliphatic heterocycles. The maximum atomic E-state index is 13.1. The summed E-state index contributed by atoms with van der Waals surface area (Å²) in [5.41, 5.74) is 1.99. The maximum absolute atomic E-state index is 13.1. The van der Waals surface area contributed by atoms with Crippen LogP contribution >= 0.6 is 0 Å². The van der Waals surface area contributed by atoms with Gasteiger partial charge in [0.05, 0.1) is 26.5 Å². The van der Waals surface area contributed by atoms with Gasteiger partial charge in [0.25, 0.3) is 5.91 Å². The van der Waals surface area contributed by atoms with E-state index in [2.05, 4.69) is 4.90 Å². The molecule has 2 aromatic carbocycles. The first kappa shape index (κ1) is 19.4. The van der Waals surface area contributed by atoms with E-state index in [4.69, 9.17) is 14.2 Å². The standard InChI is InChI=1S/C23H28N2O4/c1-27-20-12-8-9-17(22(20)28-2)15-25-16-21(23(26)24-13-6-3-7-14-24)29-19-11-5-4-10-18(19)25/h4-5,8-12,21H,3,6-7,13-16H2,1-2H3. The predicted octanol–water partition coefficient (Wildman–Crippen LogP) is 3.48. The van der Waals surface area contributed by atoms with Gasteiger partial charge in [-0.3, -0.25) is 4.79 Å². The number of hydrogen-bond acceptors (Lipinski definition) is 5. The quantitative estimate of drug-likeness (QED) is 0.775. The fourth-order valence-corrected chi connectivity index (χ4v) is 4.19. The van der Waals surface area contributed by atoms with Gasteiger partial charge in [0.2, 0.25) is 0 Å². The fraction of sp³-hybridized carbons (Fsp3) is 0.435. The Labute approximate surface area is 172 Å². The second-order valence-corrected chi connectivity index (χ2v) is 7.49. The molecule has 1 atom stereocenters. The summed E-state index contributed by atoms with van der Waals surface area (Å²) in [6, 6.07) is 13.8. The third-order valence-corrected chi connectivity index (χ3v) is 5.65. The number of carbonyl (C=O) groups excluding carboxylic acids is 1. The van der Waals surface area contributed by atoms with E-state index in [1.165, 1.54) is 6.42 Å². The van der Waals surface area contributed by atoms with E-state index in [9.17, 15) is 4.79 Å². The monoisotopic (exact) mass is 396 g/mol. The molecule has 0 radical (unpaired) electrons.